The minimum atomic E-state index is 0.551. The van der Waals surface area contributed by atoms with Crippen LogP contribution in [0.25, 0.3) is 21.8 Å². The molecule has 5 heteroatoms. The Morgan fingerprint density at radius 3 is 2.04 bits per heavy atom. The molecule has 25 heavy (non-hydrogen) atoms. The van der Waals surface area contributed by atoms with Crippen molar-refractivity contribution in [2.45, 2.75) is 25.7 Å². The summed E-state index contributed by atoms with van der Waals surface area (Å²) in [7, 11) is 0. The minimum Gasteiger partial charge on any atom is -0.371 e. The molecular formula is C20H21ClN4. The molecule has 0 bridgehead atoms. The summed E-state index contributed by atoms with van der Waals surface area (Å²) in [6.07, 6.45) is 6.92. The van der Waals surface area contributed by atoms with Gasteiger partial charge in [-0.15, -0.1) is 0 Å². The zero-order chi connectivity index (χ0) is 16.8. The van der Waals surface area contributed by atoms with Gasteiger partial charge in [-0.3, -0.25) is 4.98 Å². The number of pyridine rings is 2. The molecule has 0 saturated carbocycles. The van der Waals surface area contributed by atoms with E-state index < -0.39 is 0 Å². The molecule has 4 heterocycles. The first kappa shape index (κ1) is 15.2. The number of hydrogen-bond acceptors (Lipinski definition) is 4. The van der Waals surface area contributed by atoms with Gasteiger partial charge >= 0.3 is 0 Å². The summed E-state index contributed by atoms with van der Waals surface area (Å²) in [6.45, 7) is 4.43. The maximum absolute atomic E-state index is 6.39. The Kier molecular flexibility index (Phi) is 3.66. The van der Waals surface area contributed by atoms with Crippen LogP contribution < -0.4 is 9.80 Å². The lowest BCUT2D eigenvalue weighted by atomic mass is 10.1. The molecule has 2 saturated heterocycles. The van der Waals surface area contributed by atoms with Crippen molar-refractivity contribution in [3.05, 3.63) is 35.6 Å². The highest BCUT2D eigenvalue weighted by atomic mass is 35.5. The molecule has 0 atom stereocenters. The summed E-state index contributed by atoms with van der Waals surface area (Å²) in [4.78, 5) is 14.2. The summed E-state index contributed by atoms with van der Waals surface area (Å²) < 4.78 is 0. The van der Waals surface area contributed by atoms with Crippen LogP contribution in [0.3, 0.4) is 0 Å². The van der Waals surface area contributed by atoms with E-state index in [2.05, 4.69) is 38.0 Å². The molecule has 0 unspecified atom stereocenters. The Morgan fingerprint density at radius 1 is 0.760 bits per heavy atom. The standard InChI is InChI=1S/C20H21ClN4/c21-18-13-17(25-11-3-4-12-25)15-6-5-14-16(24-9-1-2-10-24)7-8-22-19(14)20(15)23-18/h5-8,13H,1-4,9-12H2. The smallest absolute Gasteiger partial charge is 0.131 e. The monoisotopic (exact) mass is 352 g/mol. The van der Waals surface area contributed by atoms with Gasteiger partial charge in [-0.2, -0.15) is 0 Å². The van der Waals surface area contributed by atoms with Crippen LogP contribution in [-0.2, 0) is 0 Å². The van der Waals surface area contributed by atoms with Gasteiger partial charge < -0.3 is 9.80 Å². The zero-order valence-electron chi connectivity index (χ0n) is 14.2. The quantitative estimate of drug-likeness (QED) is 0.497. The topological polar surface area (TPSA) is 32.3 Å². The molecule has 2 aliphatic rings. The molecule has 3 aromatic rings. The lowest BCUT2D eigenvalue weighted by Gasteiger charge is -2.22. The second-order valence-electron chi connectivity index (χ2n) is 7.04. The van der Waals surface area contributed by atoms with Gasteiger partial charge in [0, 0.05) is 54.5 Å². The number of benzene rings is 1. The van der Waals surface area contributed by atoms with Gasteiger partial charge in [0.05, 0.1) is 5.52 Å². The van der Waals surface area contributed by atoms with Crippen molar-refractivity contribution in [1.29, 1.82) is 0 Å². The van der Waals surface area contributed by atoms with Crippen LogP contribution >= 0.6 is 11.6 Å². The lowest BCUT2D eigenvalue weighted by molar-refractivity contribution is 0.949. The van der Waals surface area contributed by atoms with Crippen molar-refractivity contribution < 1.29 is 0 Å². The van der Waals surface area contributed by atoms with Crippen molar-refractivity contribution in [2.24, 2.45) is 0 Å². The van der Waals surface area contributed by atoms with E-state index >= 15 is 0 Å². The van der Waals surface area contributed by atoms with E-state index in [0.717, 1.165) is 42.6 Å². The van der Waals surface area contributed by atoms with Crippen LogP contribution in [0.15, 0.2) is 30.5 Å². The average molecular weight is 353 g/mol. The third kappa shape index (κ3) is 2.51. The van der Waals surface area contributed by atoms with E-state index in [0.29, 0.717) is 5.15 Å². The van der Waals surface area contributed by atoms with Crippen LogP contribution in [0.5, 0.6) is 0 Å². The van der Waals surface area contributed by atoms with E-state index in [-0.39, 0.29) is 0 Å². The van der Waals surface area contributed by atoms with E-state index in [4.69, 9.17) is 11.6 Å². The van der Waals surface area contributed by atoms with Gasteiger partial charge in [0.15, 0.2) is 0 Å². The fourth-order valence-electron chi connectivity index (χ4n) is 4.29. The first-order chi connectivity index (χ1) is 12.3. The van der Waals surface area contributed by atoms with E-state index in [9.17, 15) is 0 Å². The van der Waals surface area contributed by atoms with Crippen LogP contribution in [-0.4, -0.2) is 36.1 Å². The molecular weight excluding hydrogens is 332 g/mol. The Hall–Kier alpha value is -2.07. The van der Waals surface area contributed by atoms with Crippen molar-refractivity contribution >= 4 is 44.8 Å². The number of anilines is 2. The molecule has 0 N–H and O–H groups in total. The zero-order valence-corrected chi connectivity index (χ0v) is 15.0. The maximum Gasteiger partial charge on any atom is 0.131 e. The van der Waals surface area contributed by atoms with Gasteiger partial charge in [0.2, 0.25) is 0 Å². The third-order valence-electron chi connectivity index (χ3n) is 5.51. The van der Waals surface area contributed by atoms with Gasteiger partial charge in [0.25, 0.3) is 0 Å². The molecule has 1 aromatic carbocycles. The van der Waals surface area contributed by atoms with Crippen LogP contribution in [0, 0.1) is 0 Å². The Morgan fingerprint density at radius 2 is 1.36 bits per heavy atom. The molecule has 0 amide bonds. The molecule has 2 fully saturated rings. The summed E-state index contributed by atoms with van der Waals surface area (Å²) in [5, 5.41) is 2.89. The van der Waals surface area contributed by atoms with Gasteiger partial charge in [-0.25, -0.2) is 4.98 Å². The summed E-state index contributed by atoms with van der Waals surface area (Å²) >= 11 is 6.39. The SMILES string of the molecule is Clc1cc(N2CCCC2)c2ccc3c(N4CCCC4)ccnc3c2n1. The molecule has 0 spiro atoms. The van der Waals surface area contributed by atoms with Crippen molar-refractivity contribution in [2.75, 3.05) is 36.0 Å². The largest absolute Gasteiger partial charge is 0.371 e. The first-order valence-corrected chi connectivity index (χ1v) is 9.57. The predicted octanol–water partition coefficient (Wildman–Crippen LogP) is 4.64. The first-order valence-electron chi connectivity index (χ1n) is 9.19. The highest BCUT2D eigenvalue weighted by molar-refractivity contribution is 6.30. The Bertz CT molecular complexity index is 943. The highest BCUT2D eigenvalue weighted by Gasteiger charge is 2.20. The van der Waals surface area contributed by atoms with Gasteiger partial charge in [-0.1, -0.05) is 11.6 Å². The second-order valence-corrected chi connectivity index (χ2v) is 7.43. The molecule has 2 aromatic heterocycles. The van der Waals surface area contributed by atoms with E-state index in [1.54, 1.807) is 0 Å². The Balaban J connectivity index is 1.76. The van der Waals surface area contributed by atoms with Gasteiger partial charge in [-0.05, 0) is 49.9 Å². The van der Waals surface area contributed by atoms with Crippen LogP contribution in [0.4, 0.5) is 11.4 Å². The maximum atomic E-state index is 6.39. The van der Waals surface area contributed by atoms with Crippen LogP contribution in [0.1, 0.15) is 25.7 Å². The number of aromatic nitrogens is 2. The third-order valence-corrected chi connectivity index (χ3v) is 5.70. The average Bonchev–Trinajstić information content (AvgIpc) is 3.34. The molecule has 5 rings (SSSR count). The highest BCUT2D eigenvalue weighted by Crippen LogP contribution is 2.37. The predicted molar refractivity (Wildman–Crippen MR) is 105 cm³/mol. The summed E-state index contributed by atoms with van der Waals surface area (Å²) in [5.41, 5.74) is 4.36. The summed E-state index contributed by atoms with van der Waals surface area (Å²) in [5.74, 6) is 0. The number of nitrogens with zero attached hydrogens (tertiary/aromatic N) is 4. The van der Waals surface area contributed by atoms with Gasteiger partial charge in [0.1, 0.15) is 10.7 Å². The van der Waals surface area contributed by atoms with Crippen LogP contribution in [0.2, 0.25) is 5.15 Å². The molecule has 0 radical (unpaired) electrons. The fourth-order valence-corrected chi connectivity index (χ4v) is 4.48. The fraction of sp³-hybridized carbons (Fsp3) is 0.400. The van der Waals surface area contributed by atoms with Crippen molar-refractivity contribution in [3.63, 3.8) is 0 Å². The number of rotatable bonds is 2. The molecule has 2 aliphatic heterocycles. The molecule has 0 aliphatic carbocycles. The van der Waals surface area contributed by atoms with Crippen molar-refractivity contribution in [3.8, 4) is 0 Å². The number of halogens is 1. The molecule has 4 nitrogen and oxygen atoms in total. The number of fused-ring (bicyclic) bond motifs is 3. The molecule has 128 valence electrons. The lowest BCUT2D eigenvalue weighted by Crippen LogP contribution is -2.18. The van der Waals surface area contributed by atoms with E-state index in [1.165, 1.54) is 42.4 Å². The minimum absolute atomic E-state index is 0.551. The summed E-state index contributed by atoms with van der Waals surface area (Å²) in [6, 6.07) is 8.56. The second kappa shape index (κ2) is 6.03. The van der Waals surface area contributed by atoms with Crippen molar-refractivity contribution in [1.82, 2.24) is 9.97 Å². The normalized spacial score (nSPS) is 18.0. The number of hydrogen-bond donors (Lipinski definition) is 0. The van der Waals surface area contributed by atoms with E-state index in [1.807, 2.05) is 12.3 Å². The Labute approximate surface area is 152 Å².